The number of carbonyl (C=O) groups excluding carboxylic acids is 1. The highest BCUT2D eigenvalue weighted by Gasteiger charge is 2.15. The first-order chi connectivity index (χ1) is 15.0. The van der Waals surface area contributed by atoms with Crippen LogP contribution in [0.2, 0.25) is 0 Å². The van der Waals surface area contributed by atoms with Crippen molar-refractivity contribution in [1.82, 2.24) is 9.55 Å². The monoisotopic (exact) mass is 431 g/mol. The number of thioether (sulfide) groups is 1. The molecule has 156 valence electrons. The van der Waals surface area contributed by atoms with Crippen LogP contribution in [0.25, 0.3) is 16.6 Å². The Morgan fingerprint density at radius 1 is 1.03 bits per heavy atom. The molecular formula is C24H21N3O3S. The molecule has 0 spiro atoms. The van der Waals surface area contributed by atoms with E-state index in [1.54, 1.807) is 48.1 Å². The number of hydrogen-bond acceptors (Lipinski definition) is 5. The molecule has 4 rings (SSSR count). The van der Waals surface area contributed by atoms with Gasteiger partial charge in [-0.3, -0.25) is 14.2 Å². The molecule has 0 fully saturated rings. The number of nitrogens with one attached hydrogen (secondary N) is 1. The number of fused-ring (bicyclic) bond motifs is 1. The molecule has 0 aliphatic carbocycles. The molecule has 0 aliphatic heterocycles. The second-order valence-electron chi connectivity index (χ2n) is 6.95. The molecule has 0 radical (unpaired) electrons. The Kier molecular flexibility index (Phi) is 6.04. The fourth-order valence-corrected chi connectivity index (χ4v) is 3.94. The molecule has 1 N–H and O–H groups in total. The molecule has 1 heterocycles. The fourth-order valence-electron chi connectivity index (χ4n) is 3.13. The van der Waals surface area contributed by atoms with Crippen LogP contribution in [-0.2, 0) is 4.79 Å². The van der Waals surface area contributed by atoms with Crippen molar-refractivity contribution in [3.63, 3.8) is 0 Å². The van der Waals surface area contributed by atoms with Crippen LogP contribution in [0.1, 0.15) is 5.56 Å². The molecule has 6 nitrogen and oxygen atoms in total. The molecule has 7 heteroatoms. The second kappa shape index (κ2) is 9.06. The van der Waals surface area contributed by atoms with Gasteiger partial charge in [-0.2, -0.15) is 0 Å². The summed E-state index contributed by atoms with van der Waals surface area (Å²) in [5, 5.41) is 3.86. The average Bonchev–Trinajstić information content (AvgIpc) is 2.79. The molecule has 0 unspecified atom stereocenters. The van der Waals surface area contributed by atoms with Crippen molar-refractivity contribution in [1.29, 1.82) is 0 Å². The lowest BCUT2D eigenvalue weighted by Crippen LogP contribution is -2.23. The minimum atomic E-state index is -0.187. The van der Waals surface area contributed by atoms with Crippen molar-refractivity contribution >= 4 is 34.3 Å². The summed E-state index contributed by atoms with van der Waals surface area (Å²) in [7, 11) is 1.59. The lowest BCUT2D eigenvalue weighted by atomic mass is 10.2. The van der Waals surface area contributed by atoms with E-state index in [0.717, 1.165) is 11.3 Å². The Morgan fingerprint density at radius 3 is 2.45 bits per heavy atom. The summed E-state index contributed by atoms with van der Waals surface area (Å²) in [5.41, 5.74) is 2.93. The number of rotatable bonds is 6. The number of methoxy groups -OCH3 is 1. The molecule has 0 bridgehead atoms. The van der Waals surface area contributed by atoms with E-state index < -0.39 is 0 Å². The predicted molar refractivity (Wildman–Crippen MR) is 124 cm³/mol. The summed E-state index contributed by atoms with van der Waals surface area (Å²) in [6, 6.07) is 22.0. The quantitative estimate of drug-likeness (QED) is 0.361. The van der Waals surface area contributed by atoms with E-state index in [4.69, 9.17) is 4.74 Å². The van der Waals surface area contributed by atoms with E-state index in [0.29, 0.717) is 27.4 Å². The van der Waals surface area contributed by atoms with E-state index in [1.807, 2.05) is 43.3 Å². The van der Waals surface area contributed by atoms with Gasteiger partial charge in [-0.1, -0.05) is 41.6 Å². The van der Waals surface area contributed by atoms with Gasteiger partial charge in [0.1, 0.15) is 5.75 Å². The topological polar surface area (TPSA) is 73.2 Å². The van der Waals surface area contributed by atoms with Gasteiger partial charge in [0.05, 0.1) is 29.5 Å². The Hall–Kier alpha value is -3.58. The molecule has 0 saturated heterocycles. The molecule has 4 aromatic rings. The van der Waals surface area contributed by atoms with Gasteiger partial charge < -0.3 is 10.1 Å². The molecular weight excluding hydrogens is 410 g/mol. The lowest BCUT2D eigenvalue weighted by molar-refractivity contribution is -0.113. The predicted octanol–water partition coefficient (Wildman–Crippen LogP) is 4.43. The third-order valence-corrected chi connectivity index (χ3v) is 5.68. The molecule has 0 atom stereocenters. The van der Waals surface area contributed by atoms with Gasteiger partial charge in [0.2, 0.25) is 5.91 Å². The van der Waals surface area contributed by atoms with Crippen LogP contribution in [0, 0.1) is 6.92 Å². The van der Waals surface area contributed by atoms with Gasteiger partial charge in [-0.25, -0.2) is 4.98 Å². The second-order valence-corrected chi connectivity index (χ2v) is 7.90. The van der Waals surface area contributed by atoms with E-state index in [-0.39, 0.29) is 17.2 Å². The van der Waals surface area contributed by atoms with Crippen molar-refractivity contribution in [3.8, 4) is 11.4 Å². The first-order valence-electron chi connectivity index (χ1n) is 9.71. The maximum absolute atomic E-state index is 13.2. The highest BCUT2D eigenvalue weighted by molar-refractivity contribution is 7.99. The zero-order valence-electron chi connectivity index (χ0n) is 17.2. The minimum Gasteiger partial charge on any atom is -0.497 e. The Morgan fingerprint density at radius 2 is 1.74 bits per heavy atom. The number of amides is 1. The standard InChI is InChI=1S/C24H21N3O3S/c1-16-7-11-18(12-8-16)27-23(29)20-5-3-4-6-21(20)26-24(27)31-15-22(28)25-17-9-13-19(30-2)14-10-17/h3-14H,15H2,1-2H3,(H,25,28). The van der Waals surface area contributed by atoms with Crippen LogP contribution in [0.15, 0.2) is 82.7 Å². The first-order valence-corrected chi connectivity index (χ1v) is 10.7. The largest absolute Gasteiger partial charge is 0.497 e. The summed E-state index contributed by atoms with van der Waals surface area (Å²) in [5.74, 6) is 0.644. The van der Waals surface area contributed by atoms with Crippen molar-refractivity contribution in [3.05, 3.63) is 88.7 Å². The van der Waals surface area contributed by atoms with Crippen molar-refractivity contribution in [2.75, 3.05) is 18.2 Å². The van der Waals surface area contributed by atoms with Crippen LogP contribution in [0.5, 0.6) is 5.75 Å². The highest BCUT2D eigenvalue weighted by Crippen LogP contribution is 2.22. The van der Waals surface area contributed by atoms with Crippen LogP contribution in [0.4, 0.5) is 5.69 Å². The number of para-hydroxylation sites is 1. The summed E-state index contributed by atoms with van der Waals surface area (Å²) in [6.45, 7) is 1.99. The van der Waals surface area contributed by atoms with Crippen molar-refractivity contribution in [2.45, 2.75) is 12.1 Å². The highest BCUT2D eigenvalue weighted by atomic mass is 32.2. The minimum absolute atomic E-state index is 0.114. The van der Waals surface area contributed by atoms with Gasteiger partial charge in [0.25, 0.3) is 5.56 Å². The van der Waals surface area contributed by atoms with Gasteiger partial charge in [0.15, 0.2) is 5.16 Å². The third-order valence-electron chi connectivity index (χ3n) is 4.74. The van der Waals surface area contributed by atoms with Crippen LogP contribution in [-0.4, -0.2) is 28.3 Å². The molecule has 31 heavy (non-hydrogen) atoms. The summed E-state index contributed by atoms with van der Waals surface area (Å²) in [6.07, 6.45) is 0. The summed E-state index contributed by atoms with van der Waals surface area (Å²) < 4.78 is 6.69. The maximum atomic E-state index is 13.2. The molecule has 0 saturated carbocycles. The van der Waals surface area contributed by atoms with Gasteiger partial charge in [-0.15, -0.1) is 0 Å². The maximum Gasteiger partial charge on any atom is 0.266 e. The van der Waals surface area contributed by atoms with Crippen LogP contribution in [0.3, 0.4) is 0 Å². The normalized spacial score (nSPS) is 10.8. The number of hydrogen-bond donors (Lipinski definition) is 1. The van der Waals surface area contributed by atoms with Crippen LogP contribution >= 0.6 is 11.8 Å². The van der Waals surface area contributed by atoms with E-state index >= 15 is 0 Å². The number of anilines is 1. The van der Waals surface area contributed by atoms with Gasteiger partial charge in [0, 0.05) is 5.69 Å². The number of ether oxygens (including phenoxy) is 1. The van der Waals surface area contributed by atoms with Crippen molar-refractivity contribution in [2.24, 2.45) is 0 Å². The average molecular weight is 432 g/mol. The molecule has 0 aliphatic rings. The van der Waals surface area contributed by atoms with E-state index in [1.165, 1.54) is 11.8 Å². The number of carbonyl (C=O) groups is 1. The molecule has 1 amide bonds. The third kappa shape index (κ3) is 4.62. The van der Waals surface area contributed by atoms with E-state index in [2.05, 4.69) is 10.3 Å². The molecule has 1 aromatic heterocycles. The summed E-state index contributed by atoms with van der Waals surface area (Å²) in [4.78, 5) is 30.4. The van der Waals surface area contributed by atoms with Crippen molar-refractivity contribution < 1.29 is 9.53 Å². The Bertz CT molecular complexity index is 1280. The smallest absolute Gasteiger partial charge is 0.266 e. The zero-order chi connectivity index (χ0) is 21.8. The first kappa shape index (κ1) is 20.7. The fraction of sp³-hybridized carbons (Fsp3) is 0.125. The Balaban J connectivity index is 1.62. The SMILES string of the molecule is COc1ccc(NC(=O)CSc2nc3ccccc3c(=O)n2-c2ccc(C)cc2)cc1. The molecule has 3 aromatic carbocycles. The van der Waals surface area contributed by atoms with E-state index in [9.17, 15) is 9.59 Å². The summed E-state index contributed by atoms with van der Waals surface area (Å²) >= 11 is 1.23. The number of benzene rings is 3. The number of aromatic nitrogens is 2. The number of nitrogens with zero attached hydrogens (tertiary/aromatic N) is 2. The number of aryl methyl sites for hydroxylation is 1. The van der Waals surface area contributed by atoms with Gasteiger partial charge >= 0.3 is 0 Å². The van der Waals surface area contributed by atoms with Crippen LogP contribution < -0.4 is 15.6 Å². The van der Waals surface area contributed by atoms with Gasteiger partial charge in [-0.05, 0) is 55.5 Å². The Labute approximate surface area is 183 Å². The lowest BCUT2D eigenvalue weighted by Gasteiger charge is -2.13. The zero-order valence-corrected chi connectivity index (χ0v) is 18.0.